The van der Waals surface area contributed by atoms with Crippen LogP contribution in [0.2, 0.25) is 0 Å². The molecular formula is C19H18N2O3. The Balaban J connectivity index is 1.86. The molecule has 1 aliphatic carbocycles. The highest BCUT2D eigenvalue weighted by molar-refractivity contribution is 6.13. The summed E-state index contributed by atoms with van der Waals surface area (Å²) in [7, 11) is 1.86. The number of carbonyl (C=O) groups is 2. The Morgan fingerprint density at radius 3 is 2.88 bits per heavy atom. The molecule has 0 bridgehead atoms. The van der Waals surface area contributed by atoms with Crippen molar-refractivity contribution in [2.75, 3.05) is 0 Å². The Morgan fingerprint density at radius 2 is 2.08 bits per heavy atom. The van der Waals surface area contributed by atoms with E-state index < -0.39 is 5.91 Å². The molecule has 1 aromatic carbocycles. The molecule has 1 aliphatic rings. The second-order valence-electron chi connectivity index (χ2n) is 5.77. The molecule has 24 heavy (non-hydrogen) atoms. The van der Waals surface area contributed by atoms with Gasteiger partial charge in [-0.1, -0.05) is 24.3 Å². The fourth-order valence-electron chi connectivity index (χ4n) is 2.91. The lowest BCUT2D eigenvalue weighted by atomic mass is 9.86. The summed E-state index contributed by atoms with van der Waals surface area (Å²) < 4.78 is 1.86. The number of rotatable bonds is 3. The molecule has 2 N–H and O–H groups in total. The van der Waals surface area contributed by atoms with Crippen molar-refractivity contribution in [3.63, 3.8) is 0 Å². The van der Waals surface area contributed by atoms with Crippen molar-refractivity contribution in [3.05, 3.63) is 70.6 Å². The Morgan fingerprint density at radius 1 is 1.29 bits per heavy atom. The number of Topliss-reactive ketones (excluding diaryl/α,β-unsaturated/α-hetero) is 1. The van der Waals surface area contributed by atoms with Crippen molar-refractivity contribution in [2.45, 2.75) is 12.8 Å². The minimum atomic E-state index is -0.588. The third-order valence-corrected chi connectivity index (χ3v) is 4.14. The highest BCUT2D eigenvalue weighted by Crippen LogP contribution is 2.26. The smallest absolute Gasteiger partial charge is 0.267 e. The van der Waals surface area contributed by atoms with Crippen LogP contribution < -0.4 is 5.48 Å². The van der Waals surface area contributed by atoms with Crippen LogP contribution in [-0.2, 0) is 18.3 Å². The molecule has 0 spiro atoms. The number of allylic oxidation sites excluding steroid dienone is 1. The fourth-order valence-corrected chi connectivity index (χ4v) is 2.91. The van der Waals surface area contributed by atoms with Gasteiger partial charge in [-0.05, 0) is 42.2 Å². The molecular weight excluding hydrogens is 304 g/mol. The molecule has 0 saturated carbocycles. The zero-order chi connectivity index (χ0) is 17.1. The quantitative estimate of drug-likeness (QED) is 0.518. The maximum atomic E-state index is 12.6. The number of carbonyl (C=O) groups excluding carboxylic acids is 2. The van der Waals surface area contributed by atoms with Crippen molar-refractivity contribution in [2.24, 2.45) is 7.05 Å². The number of fused-ring (bicyclic) bond motifs is 1. The molecule has 0 saturated heterocycles. The molecule has 2 aromatic rings. The van der Waals surface area contributed by atoms with Gasteiger partial charge in [0.2, 0.25) is 0 Å². The second-order valence-corrected chi connectivity index (χ2v) is 5.77. The highest BCUT2D eigenvalue weighted by atomic mass is 16.5. The van der Waals surface area contributed by atoms with Gasteiger partial charge < -0.3 is 4.57 Å². The molecule has 122 valence electrons. The van der Waals surface area contributed by atoms with Crippen LogP contribution in [-0.4, -0.2) is 21.5 Å². The van der Waals surface area contributed by atoms with Crippen molar-refractivity contribution in [1.29, 1.82) is 0 Å². The molecule has 1 heterocycles. The molecule has 0 atom stereocenters. The van der Waals surface area contributed by atoms with Gasteiger partial charge in [0.05, 0.1) is 0 Å². The average molecular weight is 322 g/mol. The predicted octanol–water partition coefficient (Wildman–Crippen LogP) is 2.76. The van der Waals surface area contributed by atoms with Crippen molar-refractivity contribution < 1.29 is 14.8 Å². The number of amides is 1. The minimum Gasteiger partial charge on any atom is -0.350 e. The zero-order valence-electron chi connectivity index (χ0n) is 13.3. The van der Waals surface area contributed by atoms with Crippen LogP contribution in [0.3, 0.4) is 0 Å². The van der Waals surface area contributed by atoms with Crippen LogP contribution in [0.15, 0.2) is 48.2 Å². The van der Waals surface area contributed by atoms with Crippen LogP contribution in [0, 0.1) is 0 Å². The second kappa shape index (κ2) is 6.68. The Bertz CT molecular complexity index is 859. The number of hydrogen-bond acceptors (Lipinski definition) is 3. The summed E-state index contributed by atoms with van der Waals surface area (Å²) in [6, 6.07) is 9.61. The molecule has 0 aliphatic heterocycles. The Kier molecular flexibility index (Phi) is 4.44. The van der Waals surface area contributed by atoms with Crippen LogP contribution >= 0.6 is 0 Å². The first-order valence-corrected chi connectivity index (χ1v) is 7.70. The van der Waals surface area contributed by atoms with Gasteiger partial charge in [-0.15, -0.1) is 0 Å². The summed E-state index contributed by atoms with van der Waals surface area (Å²) in [5.41, 5.74) is 5.94. The maximum absolute atomic E-state index is 12.6. The number of ketones is 1. The van der Waals surface area contributed by atoms with Gasteiger partial charge in [-0.25, -0.2) is 5.48 Å². The Labute approximate surface area is 139 Å². The lowest BCUT2D eigenvalue weighted by Crippen LogP contribution is -2.14. The van der Waals surface area contributed by atoms with Crippen molar-refractivity contribution in [1.82, 2.24) is 10.0 Å². The number of benzene rings is 1. The van der Waals surface area contributed by atoms with E-state index in [1.807, 2.05) is 54.2 Å². The van der Waals surface area contributed by atoms with Gasteiger partial charge in [0.25, 0.3) is 5.91 Å². The summed E-state index contributed by atoms with van der Waals surface area (Å²) in [5.74, 6) is -0.507. The molecule has 1 amide bonds. The summed E-state index contributed by atoms with van der Waals surface area (Å²) in [6.45, 7) is 0. The van der Waals surface area contributed by atoms with E-state index in [4.69, 9.17) is 5.21 Å². The third-order valence-electron chi connectivity index (χ3n) is 4.14. The van der Waals surface area contributed by atoms with E-state index in [0.29, 0.717) is 0 Å². The maximum Gasteiger partial charge on any atom is 0.267 e. The summed E-state index contributed by atoms with van der Waals surface area (Å²) >= 11 is 0. The molecule has 0 unspecified atom stereocenters. The molecule has 3 rings (SSSR count). The van der Waals surface area contributed by atoms with Crippen molar-refractivity contribution in [3.8, 4) is 0 Å². The van der Waals surface area contributed by atoms with E-state index in [-0.39, 0.29) is 5.78 Å². The standard InChI is InChI=1S/C19H18N2O3/c1-21-12-13(11-16(21)8-9-18(22)20-24)10-15-7-6-14-4-2-3-5-17(14)19(15)23/h2-5,8-12,24H,6-7H2,1H3,(H,20,22)/b9-8+,15-10+. The first-order valence-electron chi connectivity index (χ1n) is 7.70. The SMILES string of the molecule is Cn1cc(/C=C2\CCc3ccccc3C2=O)cc1/C=C/C(=O)NO. The number of nitrogens with zero attached hydrogens (tertiary/aromatic N) is 1. The van der Waals surface area contributed by atoms with Gasteiger partial charge in [-0.2, -0.15) is 0 Å². The number of hydroxylamine groups is 1. The predicted molar refractivity (Wildman–Crippen MR) is 91.4 cm³/mol. The summed E-state index contributed by atoms with van der Waals surface area (Å²) in [5, 5.41) is 8.51. The van der Waals surface area contributed by atoms with Crippen LogP contribution in [0.1, 0.15) is 33.6 Å². The van der Waals surface area contributed by atoms with E-state index in [1.165, 1.54) is 6.08 Å². The number of hydrogen-bond donors (Lipinski definition) is 2. The van der Waals surface area contributed by atoms with E-state index in [9.17, 15) is 9.59 Å². The van der Waals surface area contributed by atoms with Crippen LogP contribution in [0.4, 0.5) is 0 Å². The molecule has 5 heteroatoms. The molecule has 5 nitrogen and oxygen atoms in total. The van der Waals surface area contributed by atoms with Crippen LogP contribution in [0.25, 0.3) is 12.2 Å². The molecule has 0 radical (unpaired) electrons. The highest BCUT2D eigenvalue weighted by Gasteiger charge is 2.21. The lowest BCUT2D eigenvalue weighted by molar-refractivity contribution is -0.124. The Hall–Kier alpha value is -2.92. The van der Waals surface area contributed by atoms with Gasteiger partial charge in [0.15, 0.2) is 5.78 Å². The van der Waals surface area contributed by atoms with E-state index in [2.05, 4.69) is 0 Å². The third kappa shape index (κ3) is 3.21. The number of aromatic nitrogens is 1. The molecule has 0 fully saturated rings. The first kappa shape index (κ1) is 16.0. The zero-order valence-corrected chi connectivity index (χ0v) is 13.3. The number of nitrogens with one attached hydrogen (secondary N) is 1. The van der Waals surface area contributed by atoms with Gasteiger partial charge in [0.1, 0.15) is 0 Å². The van der Waals surface area contributed by atoms with E-state index in [0.717, 1.165) is 40.8 Å². The van der Waals surface area contributed by atoms with Gasteiger partial charge >= 0.3 is 0 Å². The average Bonchev–Trinajstić information content (AvgIpc) is 2.95. The minimum absolute atomic E-state index is 0.0810. The van der Waals surface area contributed by atoms with Crippen LogP contribution in [0.5, 0.6) is 0 Å². The normalized spacial score (nSPS) is 15.8. The summed E-state index contributed by atoms with van der Waals surface area (Å²) in [4.78, 5) is 23.7. The topological polar surface area (TPSA) is 71.3 Å². The van der Waals surface area contributed by atoms with E-state index >= 15 is 0 Å². The number of aryl methyl sites for hydroxylation is 2. The molecule has 1 aromatic heterocycles. The monoisotopic (exact) mass is 322 g/mol. The van der Waals surface area contributed by atoms with E-state index in [1.54, 1.807) is 11.6 Å². The van der Waals surface area contributed by atoms with Gasteiger partial charge in [0, 0.05) is 36.2 Å². The first-order chi connectivity index (χ1) is 11.6. The van der Waals surface area contributed by atoms with Crippen molar-refractivity contribution >= 4 is 23.8 Å². The lowest BCUT2D eigenvalue weighted by Gasteiger charge is -2.16. The van der Waals surface area contributed by atoms with Gasteiger partial charge in [-0.3, -0.25) is 14.8 Å². The summed E-state index contributed by atoms with van der Waals surface area (Å²) in [6.07, 6.45) is 8.24. The fraction of sp³-hybridized carbons (Fsp3) is 0.158. The largest absolute Gasteiger partial charge is 0.350 e.